The molecule has 2 N–H and O–H groups in total. The molecular weight excluding hydrogens is 240 g/mol. The Morgan fingerprint density at radius 3 is 2.94 bits per heavy atom. The van der Waals surface area contributed by atoms with Crippen LogP contribution in [0.1, 0.15) is 13.3 Å². The number of benzene rings is 1. The van der Waals surface area contributed by atoms with Gasteiger partial charge in [0.2, 0.25) is 5.91 Å². The molecule has 0 aromatic heterocycles. The zero-order valence-corrected chi connectivity index (χ0v) is 10.4. The molecule has 0 bridgehead atoms. The van der Waals surface area contributed by atoms with Crippen LogP contribution in [0.2, 0.25) is 5.02 Å². The SMILES string of the molecule is C=CCOc1ccc(NNC(=O)CC)cc1Cl. The average Bonchev–Trinajstić information content (AvgIpc) is 2.34. The van der Waals surface area contributed by atoms with Crippen molar-refractivity contribution in [1.82, 2.24) is 5.43 Å². The third-order valence-corrected chi connectivity index (χ3v) is 2.25. The van der Waals surface area contributed by atoms with Crippen LogP contribution in [0.5, 0.6) is 5.75 Å². The molecule has 0 aliphatic rings. The lowest BCUT2D eigenvalue weighted by Gasteiger charge is -2.10. The van der Waals surface area contributed by atoms with Crippen LogP contribution < -0.4 is 15.6 Å². The number of ether oxygens (including phenoxy) is 1. The summed E-state index contributed by atoms with van der Waals surface area (Å²) in [6.07, 6.45) is 2.06. The molecule has 0 fully saturated rings. The first-order chi connectivity index (χ1) is 8.17. The molecule has 0 spiro atoms. The second-order valence-corrected chi connectivity index (χ2v) is 3.68. The first-order valence-corrected chi connectivity index (χ1v) is 5.63. The Hall–Kier alpha value is -1.68. The van der Waals surface area contributed by atoms with Gasteiger partial charge in [-0.2, -0.15) is 0 Å². The second kappa shape index (κ2) is 6.81. The Labute approximate surface area is 106 Å². The number of hydrogen-bond acceptors (Lipinski definition) is 3. The third-order valence-electron chi connectivity index (χ3n) is 1.96. The zero-order valence-electron chi connectivity index (χ0n) is 9.63. The predicted octanol–water partition coefficient (Wildman–Crippen LogP) is 2.76. The normalized spacial score (nSPS) is 9.53. The van der Waals surface area contributed by atoms with Gasteiger partial charge in [-0.3, -0.25) is 15.6 Å². The van der Waals surface area contributed by atoms with E-state index in [2.05, 4.69) is 17.4 Å². The van der Waals surface area contributed by atoms with Crippen LogP contribution in [0.25, 0.3) is 0 Å². The third kappa shape index (κ3) is 4.36. The van der Waals surface area contributed by atoms with Crippen LogP contribution in [0.15, 0.2) is 30.9 Å². The van der Waals surface area contributed by atoms with E-state index in [-0.39, 0.29) is 5.91 Å². The van der Waals surface area contributed by atoms with Gasteiger partial charge in [-0.1, -0.05) is 31.2 Å². The van der Waals surface area contributed by atoms with Crippen LogP contribution in [-0.2, 0) is 4.79 Å². The summed E-state index contributed by atoms with van der Waals surface area (Å²) in [4.78, 5) is 11.0. The number of anilines is 1. The van der Waals surface area contributed by atoms with Crippen molar-refractivity contribution in [1.29, 1.82) is 0 Å². The van der Waals surface area contributed by atoms with Crippen molar-refractivity contribution in [2.24, 2.45) is 0 Å². The molecular formula is C12H15ClN2O2. The molecule has 0 saturated heterocycles. The smallest absolute Gasteiger partial charge is 0.238 e. The summed E-state index contributed by atoms with van der Waals surface area (Å²) < 4.78 is 5.32. The molecule has 0 atom stereocenters. The largest absolute Gasteiger partial charge is 0.488 e. The van der Waals surface area contributed by atoms with Gasteiger partial charge in [0.1, 0.15) is 12.4 Å². The summed E-state index contributed by atoms with van der Waals surface area (Å²) in [5.41, 5.74) is 5.99. The highest BCUT2D eigenvalue weighted by Crippen LogP contribution is 2.27. The number of carbonyl (C=O) groups is 1. The first-order valence-electron chi connectivity index (χ1n) is 5.25. The predicted molar refractivity (Wildman–Crippen MR) is 69.2 cm³/mol. The monoisotopic (exact) mass is 254 g/mol. The summed E-state index contributed by atoms with van der Waals surface area (Å²) >= 11 is 6.00. The lowest BCUT2D eigenvalue weighted by Crippen LogP contribution is -2.28. The molecule has 1 rings (SSSR count). The average molecular weight is 255 g/mol. The van der Waals surface area contributed by atoms with Gasteiger partial charge in [0.15, 0.2) is 0 Å². The Morgan fingerprint density at radius 2 is 2.35 bits per heavy atom. The number of amides is 1. The standard InChI is InChI=1S/C12H15ClN2O2/c1-3-7-17-11-6-5-9(8-10(11)13)14-15-12(16)4-2/h3,5-6,8,14H,1,4,7H2,2H3,(H,15,16). The van der Waals surface area contributed by atoms with E-state index in [1.54, 1.807) is 31.2 Å². The number of rotatable bonds is 6. The van der Waals surface area contributed by atoms with Crippen LogP contribution in [0.4, 0.5) is 5.69 Å². The van der Waals surface area contributed by atoms with Crippen molar-refractivity contribution in [3.63, 3.8) is 0 Å². The van der Waals surface area contributed by atoms with E-state index < -0.39 is 0 Å². The number of nitrogens with one attached hydrogen (secondary N) is 2. The van der Waals surface area contributed by atoms with Gasteiger partial charge in [-0.05, 0) is 18.2 Å². The fourth-order valence-electron chi connectivity index (χ4n) is 1.07. The number of carbonyl (C=O) groups excluding carboxylic acids is 1. The molecule has 17 heavy (non-hydrogen) atoms. The van der Waals surface area contributed by atoms with Crippen molar-refractivity contribution in [2.45, 2.75) is 13.3 Å². The summed E-state index contributed by atoms with van der Waals surface area (Å²) in [5, 5.41) is 0.475. The molecule has 1 aromatic rings. The maximum atomic E-state index is 11.0. The second-order valence-electron chi connectivity index (χ2n) is 3.27. The number of hydrazine groups is 1. The highest BCUT2D eigenvalue weighted by Gasteiger charge is 2.03. The maximum absolute atomic E-state index is 11.0. The minimum atomic E-state index is -0.0897. The molecule has 4 nitrogen and oxygen atoms in total. The topological polar surface area (TPSA) is 50.4 Å². The minimum absolute atomic E-state index is 0.0897. The van der Waals surface area contributed by atoms with E-state index in [4.69, 9.17) is 16.3 Å². The fourth-order valence-corrected chi connectivity index (χ4v) is 1.31. The van der Waals surface area contributed by atoms with Gasteiger partial charge in [-0.25, -0.2) is 0 Å². The molecule has 0 heterocycles. The summed E-state index contributed by atoms with van der Waals surface area (Å²) in [7, 11) is 0. The van der Waals surface area contributed by atoms with Crippen LogP contribution in [0.3, 0.4) is 0 Å². The van der Waals surface area contributed by atoms with Crippen molar-refractivity contribution in [3.8, 4) is 5.75 Å². The summed E-state index contributed by atoms with van der Waals surface area (Å²) in [5.74, 6) is 0.493. The van der Waals surface area contributed by atoms with E-state index in [1.165, 1.54) is 0 Å². The van der Waals surface area contributed by atoms with Gasteiger partial charge in [-0.15, -0.1) is 0 Å². The minimum Gasteiger partial charge on any atom is -0.488 e. The highest BCUT2D eigenvalue weighted by molar-refractivity contribution is 6.32. The Balaban J connectivity index is 2.61. The molecule has 5 heteroatoms. The number of hydrogen-bond donors (Lipinski definition) is 2. The van der Waals surface area contributed by atoms with E-state index in [0.717, 1.165) is 0 Å². The fraction of sp³-hybridized carbons (Fsp3) is 0.250. The van der Waals surface area contributed by atoms with Crippen LogP contribution in [0, 0.1) is 0 Å². The quantitative estimate of drug-likeness (QED) is 0.606. The molecule has 92 valence electrons. The van der Waals surface area contributed by atoms with Crippen molar-refractivity contribution < 1.29 is 9.53 Å². The highest BCUT2D eigenvalue weighted by atomic mass is 35.5. The molecule has 0 radical (unpaired) electrons. The van der Waals surface area contributed by atoms with Crippen LogP contribution in [-0.4, -0.2) is 12.5 Å². The molecule has 0 aliphatic carbocycles. The number of halogens is 1. The lowest BCUT2D eigenvalue weighted by molar-refractivity contribution is -0.120. The van der Waals surface area contributed by atoms with Gasteiger partial charge in [0.25, 0.3) is 0 Å². The van der Waals surface area contributed by atoms with Gasteiger partial charge < -0.3 is 4.74 Å². The molecule has 0 saturated carbocycles. The molecule has 1 aromatic carbocycles. The summed E-state index contributed by atoms with van der Waals surface area (Å²) in [6, 6.07) is 5.17. The van der Waals surface area contributed by atoms with Gasteiger partial charge in [0.05, 0.1) is 10.7 Å². The Bertz CT molecular complexity index is 407. The van der Waals surface area contributed by atoms with Crippen LogP contribution >= 0.6 is 11.6 Å². The van der Waals surface area contributed by atoms with Gasteiger partial charge >= 0.3 is 0 Å². The lowest BCUT2D eigenvalue weighted by atomic mass is 10.3. The molecule has 0 unspecified atom stereocenters. The van der Waals surface area contributed by atoms with Crippen molar-refractivity contribution >= 4 is 23.2 Å². The first kappa shape index (κ1) is 13.4. The van der Waals surface area contributed by atoms with E-state index >= 15 is 0 Å². The van der Waals surface area contributed by atoms with Crippen molar-refractivity contribution in [3.05, 3.63) is 35.9 Å². The Morgan fingerprint density at radius 1 is 1.59 bits per heavy atom. The molecule has 0 aliphatic heterocycles. The Kier molecular flexibility index (Phi) is 5.36. The maximum Gasteiger partial charge on any atom is 0.238 e. The van der Waals surface area contributed by atoms with Crippen molar-refractivity contribution in [2.75, 3.05) is 12.0 Å². The zero-order chi connectivity index (χ0) is 12.7. The van der Waals surface area contributed by atoms with E-state index in [1.807, 2.05) is 0 Å². The van der Waals surface area contributed by atoms with E-state index in [0.29, 0.717) is 29.5 Å². The molecule has 1 amide bonds. The van der Waals surface area contributed by atoms with E-state index in [9.17, 15) is 4.79 Å². The summed E-state index contributed by atoms with van der Waals surface area (Å²) in [6.45, 7) is 5.73. The van der Waals surface area contributed by atoms with Gasteiger partial charge in [0, 0.05) is 6.42 Å².